The van der Waals surface area contributed by atoms with E-state index in [9.17, 15) is 4.79 Å². The Kier molecular flexibility index (Phi) is 5.60. The molecule has 0 bridgehead atoms. The summed E-state index contributed by atoms with van der Waals surface area (Å²) in [4.78, 5) is 14.0. The van der Waals surface area contributed by atoms with Crippen LogP contribution in [0.25, 0.3) is 0 Å². The van der Waals surface area contributed by atoms with Gasteiger partial charge in [-0.25, -0.2) is 0 Å². The maximum atomic E-state index is 11.6. The monoisotopic (exact) mass is 275 g/mol. The second-order valence-electron chi connectivity index (χ2n) is 5.75. The van der Waals surface area contributed by atoms with Gasteiger partial charge in [0.1, 0.15) is 6.29 Å². The predicted octanol–water partition coefficient (Wildman–Crippen LogP) is 3.29. The largest absolute Gasteiger partial charge is 0.380 e. The van der Waals surface area contributed by atoms with E-state index in [0.29, 0.717) is 6.61 Å². The summed E-state index contributed by atoms with van der Waals surface area (Å²) in [5, 5.41) is 0. The Bertz CT molecular complexity index is 399. The molecule has 20 heavy (non-hydrogen) atoms. The lowest BCUT2D eigenvalue weighted by Gasteiger charge is -2.38. The summed E-state index contributed by atoms with van der Waals surface area (Å²) in [7, 11) is 0. The molecule has 1 heterocycles. The molecule has 1 unspecified atom stereocenters. The first-order chi connectivity index (χ1) is 9.79. The van der Waals surface area contributed by atoms with Crippen LogP contribution >= 0.6 is 0 Å². The van der Waals surface area contributed by atoms with Crippen molar-refractivity contribution >= 4 is 12.0 Å². The highest BCUT2D eigenvalue weighted by Gasteiger charge is 2.34. The Morgan fingerprint density at radius 1 is 1.35 bits per heavy atom. The third-order valence-electron chi connectivity index (χ3n) is 4.01. The first-order valence-electron chi connectivity index (χ1n) is 7.64. The van der Waals surface area contributed by atoms with Crippen LogP contribution in [-0.2, 0) is 9.53 Å². The van der Waals surface area contributed by atoms with Crippen LogP contribution in [0.2, 0.25) is 0 Å². The van der Waals surface area contributed by atoms with Crippen LogP contribution in [0.4, 0.5) is 5.69 Å². The molecule has 0 amide bonds. The lowest BCUT2D eigenvalue weighted by atomic mass is 9.83. The fourth-order valence-corrected chi connectivity index (χ4v) is 2.80. The van der Waals surface area contributed by atoms with Crippen LogP contribution in [0, 0.1) is 5.41 Å². The van der Waals surface area contributed by atoms with Crippen LogP contribution in [0.1, 0.15) is 32.6 Å². The number of unbranched alkanes of at least 4 members (excludes halogenated alkanes) is 1. The van der Waals surface area contributed by atoms with Gasteiger partial charge in [0.05, 0.1) is 12.0 Å². The van der Waals surface area contributed by atoms with E-state index in [0.717, 1.165) is 51.7 Å². The Hall–Kier alpha value is -1.35. The molecule has 0 saturated carbocycles. The number of para-hydroxylation sites is 1. The number of hydrogen-bond acceptors (Lipinski definition) is 3. The topological polar surface area (TPSA) is 29.5 Å². The highest BCUT2D eigenvalue weighted by atomic mass is 16.5. The Balaban J connectivity index is 2.12. The zero-order valence-corrected chi connectivity index (χ0v) is 12.4. The molecule has 1 saturated heterocycles. The summed E-state index contributed by atoms with van der Waals surface area (Å²) in [5.41, 5.74) is 0.870. The quantitative estimate of drug-likeness (QED) is 0.715. The van der Waals surface area contributed by atoms with Crippen LogP contribution in [0.3, 0.4) is 0 Å². The molecule has 1 fully saturated rings. The third-order valence-corrected chi connectivity index (χ3v) is 4.01. The second-order valence-corrected chi connectivity index (χ2v) is 5.75. The number of nitrogens with zero attached hydrogens (tertiary/aromatic N) is 1. The van der Waals surface area contributed by atoms with Gasteiger partial charge < -0.3 is 14.4 Å². The van der Waals surface area contributed by atoms with Crippen molar-refractivity contribution in [2.24, 2.45) is 5.41 Å². The fourth-order valence-electron chi connectivity index (χ4n) is 2.80. The lowest BCUT2D eigenvalue weighted by Crippen LogP contribution is -2.44. The molecule has 3 heteroatoms. The van der Waals surface area contributed by atoms with Crippen molar-refractivity contribution in [2.45, 2.75) is 32.6 Å². The maximum Gasteiger partial charge on any atom is 0.130 e. The minimum Gasteiger partial charge on any atom is -0.380 e. The number of benzene rings is 1. The number of aldehydes is 1. The number of ether oxygens (including phenoxy) is 1. The van der Waals surface area contributed by atoms with Gasteiger partial charge in [-0.3, -0.25) is 0 Å². The van der Waals surface area contributed by atoms with E-state index in [2.05, 4.69) is 36.1 Å². The van der Waals surface area contributed by atoms with Crippen molar-refractivity contribution in [1.29, 1.82) is 0 Å². The number of hydrogen-bond donors (Lipinski definition) is 0. The molecule has 2 rings (SSSR count). The standard InChI is InChI=1S/C17H25NO2/c1-2-3-11-18(16-8-5-4-6-9-16)13-17(14-19)10-7-12-20-15-17/h4-6,8-9,14H,2-3,7,10-13,15H2,1H3. The van der Waals surface area contributed by atoms with E-state index in [1.165, 1.54) is 5.69 Å². The molecule has 110 valence electrons. The van der Waals surface area contributed by atoms with Gasteiger partial charge in [-0.05, 0) is 31.4 Å². The minimum atomic E-state index is -0.332. The van der Waals surface area contributed by atoms with Crippen molar-refractivity contribution < 1.29 is 9.53 Å². The van der Waals surface area contributed by atoms with Gasteiger partial charge in [-0.1, -0.05) is 31.5 Å². The van der Waals surface area contributed by atoms with Gasteiger partial charge in [-0.15, -0.1) is 0 Å². The number of carbonyl (C=O) groups is 1. The zero-order valence-electron chi connectivity index (χ0n) is 12.4. The van der Waals surface area contributed by atoms with Gasteiger partial charge >= 0.3 is 0 Å². The van der Waals surface area contributed by atoms with E-state index >= 15 is 0 Å². The van der Waals surface area contributed by atoms with Gasteiger partial charge in [0, 0.05) is 25.4 Å². The van der Waals surface area contributed by atoms with E-state index in [1.54, 1.807) is 0 Å². The average Bonchev–Trinajstić information content (AvgIpc) is 2.53. The minimum absolute atomic E-state index is 0.332. The molecular formula is C17H25NO2. The van der Waals surface area contributed by atoms with E-state index in [-0.39, 0.29) is 5.41 Å². The Morgan fingerprint density at radius 2 is 2.15 bits per heavy atom. The number of rotatable bonds is 7. The summed E-state index contributed by atoms with van der Waals surface area (Å²) >= 11 is 0. The molecule has 1 aromatic carbocycles. The van der Waals surface area contributed by atoms with Crippen molar-refractivity contribution in [3.8, 4) is 0 Å². The summed E-state index contributed by atoms with van der Waals surface area (Å²) in [6, 6.07) is 10.4. The normalized spacial score (nSPS) is 22.4. The van der Waals surface area contributed by atoms with Crippen molar-refractivity contribution in [3.05, 3.63) is 30.3 Å². The highest BCUT2D eigenvalue weighted by Crippen LogP contribution is 2.29. The predicted molar refractivity (Wildman–Crippen MR) is 82.1 cm³/mol. The molecule has 1 aliphatic heterocycles. The first-order valence-corrected chi connectivity index (χ1v) is 7.64. The molecule has 3 nitrogen and oxygen atoms in total. The van der Waals surface area contributed by atoms with E-state index in [4.69, 9.17) is 4.74 Å². The lowest BCUT2D eigenvalue weighted by molar-refractivity contribution is -0.122. The molecule has 1 aliphatic rings. The molecule has 1 atom stereocenters. The van der Waals surface area contributed by atoms with Crippen molar-refractivity contribution in [1.82, 2.24) is 0 Å². The van der Waals surface area contributed by atoms with Crippen LogP contribution in [-0.4, -0.2) is 32.6 Å². The fraction of sp³-hybridized carbons (Fsp3) is 0.588. The Labute approximate surface area is 121 Å². The van der Waals surface area contributed by atoms with Gasteiger partial charge in [-0.2, -0.15) is 0 Å². The van der Waals surface area contributed by atoms with Crippen LogP contribution < -0.4 is 4.90 Å². The van der Waals surface area contributed by atoms with Crippen molar-refractivity contribution in [2.75, 3.05) is 31.2 Å². The first kappa shape index (κ1) is 15.0. The van der Waals surface area contributed by atoms with Gasteiger partial charge in [0.25, 0.3) is 0 Å². The van der Waals surface area contributed by atoms with Gasteiger partial charge in [0.2, 0.25) is 0 Å². The summed E-state index contributed by atoms with van der Waals surface area (Å²) in [5.74, 6) is 0. The molecule has 0 N–H and O–H groups in total. The van der Waals surface area contributed by atoms with Crippen LogP contribution in [0.5, 0.6) is 0 Å². The zero-order chi connectivity index (χ0) is 14.3. The van der Waals surface area contributed by atoms with Gasteiger partial charge in [0.15, 0.2) is 0 Å². The number of carbonyl (C=O) groups excluding carboxylic acids is 1. The number of anilines is 1. The molecule has 0 aliphatic carbocycles. The second kappa shape index (κ2) is 7.44. The summed E-state index contributed by atoms with van der Waals surface area (Å²) in [6.45, 7) is 5.31. The smallest absolute Gasteiger partial charge is 0.130 e. The molecule has 0 spiro atoms. The molecule has 0 radical (unpaired) electrons. The molecule has 0 aromatic heterocycles. The maximum absolute atomic E-state index is 11.6. The highest BCUT2D eigenvalue weighted by molar-refractivity contribution is 5.62. The summed E-state index contributed by atoms with van der Waals surface area (Å²) in [6.07, 6.45) is 5.34. The summed E-state index contributed by atoms with van der Waals surface area (Å²) < 4.78 is 5.56. The molecular weight excluding hydrogens is 250 g/mol. The Morgan fingerprint density at radius 3 is 2.75 bits per heavy atom. The van der Waals surface area contributed by atoms with Crippen LogP contribution in [0.15, 0.2) is 30.3 Å². The SMILES string of the molecule is CCCCN(CC1(C=O)CCCOC1)c1ccccc1. The average molecular weight is 275 g/mol. The third kappa shape index (κ3) is 3.83. The van der Waals surface area contributed by atoms with E-state index < -0.39 is 0 Å². The van der Waals surface area contributed by atoms with E-state index in [1.807, 2.05) is 6.07 Å². The van der Waals surface area contributed by atoms with Crippen molar-refractivity contribution in [3.63, 3.8) is 0 Å². The molecule has 1 aromatic rings.